The SMILES string of the molecule is CNC(=O)OC1CC(NC(=O)c2nc(-c3ccc(OC(F)F)c(OCC4CC4)c3)oc2[C@H](C)N)C1.Cl. The third kappa shape index (κ3) is 6.76. The number of aromatic nitrogens is 1. The predicted molar refractivity (Wildman–Crippen MR) is 126 cm³/mol. The summed E-state index contributed by atoms with van der Waals surface area (Å²) in [5, 5.41) is 5.22. The largest absolute Gasteiger partial charge is 0.489 e. The summed E-state index contributed by atoms with van der Waals surface area (Å²) < 4.78 is 46.8. The van der Waals surface area contributed by atoms with Crippen LogP contribution in [0.2, 0.25) is 0 Å². The average molecular weight is 531 g/mol. The van der Waals surface area contributed by atoms with E-state index in [4.69, 9.17) is 19.6 Å². The minimum absolute atomic E-state index is 0. The van der Waals surface area contributed by atoms with Crippen molar-refractivity contribution >= 4 is 24.4 Å². The number of alkyl halides is 2. The van der Waals surface area contributed by atoms with Gasteiger partial charge in [0.25, 0.3) is 5.91 Å². The highest BCUT2D eigenvalue weighted by Crippen LogP contribution is 2.37. The molecule has 0 aliphatic heterocycles. The van der Waals surface area contributed by atoms with Gasteiger partial charge in [-0.3, -0.25) is 4.79 Å². The molecule has 1 aromatic carbocycles. The zero-order chi connectivity index (χ0) is 25.1. The van der Waals surface area contributed by atoms with Crippen LogP contribution in [-0.4, -0.2) is 49.4 Å². The van der Waals surface area contributed by atoms with Gasteiger partial charge in [0.15, 0.2) is 23.0 Å². The molecule has 0 bridgehead atoms. The van der Waals surface area contributed by atoms with Gasteiger partial charge in [-0.25, -0.2) is 9.78 Å². The first-order chi connectivity index (χ1) is 16.7. The second kappa shape index (κ2) is 11.7. The van der Waals surface area contributed by atoms with Crippen molar-refractivity contribution in [3.63, 3.8) is 0 Å². The summed E-state index contributed by atoms with van der Waals surface area (Å²) in [6, 6.07) is 3.51. The van der Waals surface area contributed by atoms with Crippen molar-refractivity contribution in [2.75, 3.05) is 13.7 Å². The molecule has 10 nitrogen and oxygen atoms in total. The fourth-order valence-electron chi connectivity index (χ4n) is 3.61. The fraction of sp³-hybridized carbons (Fsp3) is 0.522. The molecule has 0 radical (unpaired) electrons. The number of alkyl carbamates (subject to hydrolysis) is 1. The summed E-state index contributed by atoms with van der Waals surface area (Å²) >= 11 is 0. The van der Waals surface area contributed by atoms with Gasteiger partial charge in [-0.05, 0) is 43.9 Å². The quantitative estimate of drug-likeness (QED) is 0.422. The van der Waals surface area contributed by atoms with Crippen LogP contribution in [0, 0.1) is 5.92 Å². The van der Waals surface area contributed by atoms with Gasteiger partial charge in [0.05, 0.1) is 12.6 Å². The van der Waals surface area contributed by atoms with Crippen LogP contribution in [0.4, 0.5) is 13.6 Å². The van der Waals surface area contributed by atoms with Crippen LogP contribution < -0.4 is 25.8 Å². The van der Waals surface area contributed by atoms with Gasteiger partial charge in [-0.2, -0.15) is 8.78 Å². The van der Waals surface area contributed by atoms with Crippen molar-refractivity contribution in [1.82, 2.24) is 15.6 Å². The zero-order valence-corrected chi connectivity index (χ0v) is 20.6. The highest BCUT2D eigenvalue weighted by Gasteiger charge is 2.35. The normalized spacial score (nSPS) is 19.5. The van der Waals surface area contributed by atoms with E-state index >= 15 is 0 Å². The number of oxazole rings is 1. The Balaban J connectivity index is 0.00000361. The Labute approximate surface area is 212 Å². The molecule has 0 saturated heterocycles. The van der Waals surface area contributed by atoms with Crippen molar-refractivity contribution < 1.29 is 37.0 Å². The molecule has 4 rings (SSSR count). The summed E-state index contributed by atoms with van der Waals surface area (Å²) in [7, 11) is 1.47. The van der Waals surface area contributed by atoms with Gasteiger partial charge >= 0.3 is 12.7 Å². The Bertz CT molecular complexity index is 1070. The van der Waals surface area contributed by atoms with E-state index in [0.29, 0.717) is 30.9 Å². The number of benzene rings is 1. The number of amides is 2. The smallest absolute Gasteiger partial charge is 0.407 e. The van der Waals surface area contributed by atoms with E-state index in [1.807, 2.05) is 0 Å². The van der Waals surface area contributed by atoms with Gasteiger partial charge in [-0.15, -0.1) is 12.4 Å². The average Bonchev–Trinajstić information content (AvgIpc) is 3.51. The topological polar surface area (TPSA) is 138 Å². The molecule has 2 aromatic rings. The maximum absolute atomic E-state index is 12.9. The van der Waals surface area contributed by atoms with Gasteiger partial charge in [0, 0.05) is 31.5 Å². The predicted octanol–water partition coefficient (Wildman–Crippen LogP) is 3.79. The van der Waals surface area contributed by atoms with Gasteiger partial charge < -0.3 is 35.0 Å². The molecule has 2 aliphatic carbocycles. The Morgan fingerprint density at radius 1 is 1.25 bits per heavy atom. The van der Waals surface area contributed by atoms with Crippen molar-refractivity contribution in [2.24, 2.45) is 11.7 Å². The van der Waals surface area contributed by atoms with Crippen molar-refractivity contribution in [3.05, 3.63) is 29.7 Å². The number of nitrogens with two attached hydrogens (primary N) is 1. The van der Waals surface area contributed by atoms with E-state index < -0.39 is 24.7 Å². The van der Waals surface area contributed by atoms with E-state index in [9.17, 15) is 18.4 Å². The van der Waals surface area contributed by atoms with E-state index in [0.717, 1.165) is 12.8 Å². The number of hydrogen-bond donors (Lipinski definition) is 3. The molecule has 2 saturated carbocycles. The molecule has 1 aromatic heterocycles. The summed E-state index contributed by atoms with van der Waals surface area (Å²) in [4.78, 5) is 28.5. The van der Waals surface area contributed by atoms with Crippen molar-refractivity contribution in [2.45, 2.75) is 57.4 Å². The molecule has 1 heterocycles. The lowest BCUT2D eigenvalue weighted by Crippen LogP contribution is -2.49. The molecule has 2 aliphatic rings. The molecule has 0 unspecified atom stereocenters. The number of carbonyl (C=O) groups excluding carboxylic acids is 2. The minimum atomic E-state index is -3.00. The number of rotatable bonds is 10. The molecule has 2 fully saturated rings. The first kappa shape index (κ1) is 27.5. The zero-order valence-electron chi connectivity index (χ0n) is 19.8. The number of ether oxygens (including phenoxy) is 3. The molecule has 1 atom stereocenters. The van der Waals surface area contributed by atoms with Crippen LogP contribution >= 0.6 is 12.4 Å². The molecule has 0 spiro atoms. The third-order valence-electron chi connectivity index (χ3n) is 5.77. The Kier molecular flexibility index (Phi) is 8.96. The molecular weight excluding hydrogens is 502 g/mol. The van der Waals surface area contributed by atoms with Crippen LogP contribution in [0.1, 0.15) is 54.9 Å². The Morgan fingerprint density at radius 3 is 2.58 bits per heavy atom. The molecule has 4 N–H and O–H groups in total. The summed E-state index contributed by atoms with van der Waals surface area (Å²) in [6.07, 6.45) is 2.21. The second-order valence-electron chi connectivity index (χ2n) is 8.73. The second-order valence-corrected chi connectivity index (χ2v) is 8.73. The van der Waals surface area contributed by atoms with Crippen LogP contribution in [0.5, 0.6) is 11.5 Å². The first-order valence-electron chi connectivity index (χ1n) is 11.4. The number of nitrogens with zero attached hydrogens (tertiary/aromatic N) is 1. The van der Waals surface area contributed by atoms with Gasteiger partial charge in [0.2, 0.25) is 5.89 Å². The molecule has 13 heteroatoms. The van der Waals surface area contributed by atoms with Crippen LogP contribution in [0.15, 0.2) is 22.6 Å². The number of halogens is 3. The summed E-state index contributed by atoms with van der Waals surface area (Å²) in [6.45, 7) is -0.959. The van der Waals surface area contributed by atoms with Crippen LogP contribution in [0.3, 0.4) is 0 Å². The Hall–Kier alpha value is -3.12. The van der Waals surface area contributed by atoms with Crippen molar-refractivity contribution in [1.29, 1.82) is 0 Å². The lowest BCUT2D eigenvalue weighted by Gasteiger charge is -2.34. The molecule has 2 amide bonds. The lowest BCUT2D eigenvalue weighted by atomic mass is 9.89. The highest BCUT2D eigenvalue weighted by molar-refractivity contribution is 5.94. The van der Waals surface area contributed by atoms with Crippen LogP contribution in [0.25, 0.3) is 11.5 Å². The Morgan fingerprint density at radius 2 is 1.97 bits per heavy atom. The highest BCUT2D eigenvalue weighted by atomic mass is 35.5. The van der Waals surface area contributed by atoms with Crippen molar-refractivity contribution in [3.8, 4) is 23.0 Å². The van der Waals surface area contributed by atoms with E-state index in [1.165, 1.54) is 25.2 Å². The van der Waals surface area contributed by atoms with Gasteiger partial charge in [-0.1, -0.05) is 0 Å². The standard InChI is InChI=1S/C23H28F2N4O6.ClH/c1-11(26)19-18(20(30)28-14-8-15(9-14)33-23(31)27-2)29-21(35-19)13-5-6-16(34-22(24)25)17(7-13)32-10-12-3-4-12;/h5-7,11-12,14-15,22H,3-4,8-10,26H2,1-2H3,(H,27,31)(H,28,30);1H/t11-,14?,15?;/m0./s1. The lowest BCUT2D eigenvalue weighted by molar-refractivity contribution is -0.0515. The third-order valence-corrected chi connectivity index (χ3v) is 5.77. The number of carbonyl (C=O) groups is 2. The monoisotopic (exact) mass is 530 g/mol. The molecule has 36 heavy (non-hydrogen) atoms. The van der Waals surface area contributed by atoms with E-state index in [2.05, 4.69) is 20.4 Å². The minimum Gasteiger partial charge on any atom is -0.489 e. The maximum Gasteiger partial charge on any atom is 0.407 e. The number of hydrogen-bond acceptors (Lipinski definition) is 8. The summed E-state index contributed by atoms with van der Waals surface area (Å²) in [5.74, 6) is 0.240. The molecular formula is C23H29ClF2N4O6. The molecule has 198 valence electrons. The van der Waals surface area contributed by atoms with Gasteiger partial charge in [0.1, 0.15) is 6.10 Å². The first-order valence-corrected chi connectivity index (χ1v) is 11.4. The van der Waals surface area contributed by atoms with E-state index in [1.54, 1.807) is 6.92 Å². The fourth-order valence-corrected chi connectivity index (χ4v) is 3.61. The summed E-state index contributed by atoms with van der Waals surface area (Å²) in [5.41, 5.74) is 6.45. The van der Waals surface area contributed by atoms with E-state index in [-0.39, 0.29) is 53.4 Å². The maximum atomic E-state index is 12.9. The number of nitrogens with one attached hydrogen (secondary N) is 2. The van der Waals surface area contributed by atoms with Crippen LogP contribution in [-0.2, 0) is 4.74 Å².